The van der Waals surface area contributed by atoms with Crippen molar-refractivity contribution in [1.82, 2.24) is 0 Å². The van der Waals surface area contributed by atoms with Gasteiger partial charge in [-0.05, 0) is 32.3 Å². The molecule has 0 spiro atoms. The molecule has 1 unspecified atom stereocenters. The zero-order valence-electron chi connectivity index (χ0n) is 8.21. The highest BCUT2D eigenvalue weighted by atomic mass is 19.4. The molecule has 1 rings (SSSR count). The van der Waals surface area contributed by atoms with Crippen LogP contribution in [-0.2, 0) is 0 Å². The van der Waals surface area contributed by atoms with Gasteiger partial charge >= 0.3 is 6.18 Å². The van der Waals surface area contributed by atoms with Crippen molar-refractivity contribution in [2.45, 2.75) is 33.9 Å². The number of hydrogen-bond donors (Lipinski definition) is 0. The maximum atomic E-state index is 12.5. The summed E-state index contributed by atoms with van der Waals surface area (Å²) in [5.41, 5.74) is 1.27. The van der Waals surface area contributed by atoms with Gasteiger partial charge in [-0.1, -0.05) is 18.1 Å². The van der Waals surface area contributed by atoms with Crippen LogP contribution in [-0.4, -0.2) is 6.18 Å². The molecule has 0 amide bonds. The van der Waals surface area contributed by atoms with Crippen LogP contribution in [0.2, 0.25) is 0 Å². The summed E-state index contributed by atoms with van der Waals surface area (Å²) in [5.74, 6) is -0.0587. The third kappa shape index (κ3) is 1.52. The fourth-order valence-corrected chi connectivity index (χ4v) is 1.80. The highest BCUT2D eigenvalue weighted by Gasteiger charge is 2.41. The van der Waals surface area contributed by atoms with Crippen molar-refractivity contribution in [2.24, 2.45) is 5.92 Å². The summed E-state index contributed by atoms with van der Waals surface area (Å²) in [6, 6.07) is 0. The maximum Gasteiger partial charge on any atom is 0.416 e. The van der Waals surface area contributed by atoms with Gasteiger partial charge in [0.15, 0.2) is 0 Å². The smallest absolute Gasteiger partial charge is 0.166 e. The SMILES string of the molecule is CC1=C(C)C(C)C(C)=C1C(F)(F)F. The molecule has 0 saturated heterocycles. The summed E-state index contributed by atoms with van der Waals surface area (Å²) in [5, 5.41) is 0. The van der Waals surface area contributed by atoms with Crippen molar-refractivity contribution in [3.63, 3.8) is 0 Å². The molecule has 0 N–H and O–H groups in total. The Bertz CT molecular complexity index is 292. The summed E-state index contributed by atoms with van der Waals surface area (Å²) in [6.45, 7) is 6.69. The van der Waals surface area contributed by atoms with Gasteiger partial charge in [-0.15, -0.1) is 0 Å². The molecule has 74 valence electrons. The first-order valence-corrected chi connectivity index (χ1v) is 4.22. The quantitative estimate of drug-likeness (QED) is 0.544. The van der Waals surface area contributed by atoms with E-state index < -0.39 is 11.7 Å². The Hall–Kier alpha value is -0.730. The van der Waals surface area contributed by atoms with Gasteiger partial charge in [-0.3, -0.25) is 0 Å². The molecule has 1 aliphatic carbocycles. The third-order valence-electron chi connectivity index (χ3n) is 2.94. The average Bonchev–Trinajstić information content (AvgIpc) is 2.14. The summed E-state index contributed by atoms with van der Waals surface area (Å²) >= 11 is 0. The van der Waals surface area contributed by atoms with Crippen molar-refractivity contribution in [2.75, 3.05) is 0 Å². The van der Waals surface area contributed by atoms with E-state index in [0.717, 1.165) is 5.57 Å². The normalized spacial score (nSPS) is 24.7. The maximum absolute atomic E-state index is 12.5. The molecule has 0 nitrogen and oxygen atoms in total. The Balaban J connectivity index is 3.24. The monoisotopic (exact) mass is 190 g/mol. The predicted octanol–water partition coefficient (Wildman–Crippen LogP) is 3.85. The standard InChI is InChI=1S/C10H13F3/c1-5-6(2)8(4)9(7(5)3)10(11,12)13/h5H,1-4H3. The van der Waals surface area contributed by atoms with Gasteiger partial charge in [0, 0.05) is 0 Å². The van der Waals surface area contributed by atoms with Crippen molar-refractivity contribution < 1.29 is 13.2 Å². The lowest BCUT2D eigenvalue weighted by molar-refractivity contribution is -0.0898. The highest BCUT2D eigenvalue weighted by molar-refractivity contribution is 5.49. The van der Waals surface area contributed by atoms with Crippen molar-refractivity contribution in [1.29, 1.82) is 0 Å². The minimum absolute atomic E-state index is 0.0587. The molecule has 0 aromatic heterocycles. The van der Waals surface area contributed by atoms with Crippen LogP contribution in [0.25, 0.3) is 0 Å². The van der Waals surface area contributed by atoms with Gasteiger partial charge in [0.05, 0.1) is 5.57 Å². The van der Waals surface area contributed by atoms with Gasteiger partial charge in [0.2, 0.25) is 0 Å². The number of allylic oxidation sites excluding steroid dienone is 4. The summed E-state index contributed by atoms with van der Waals surface area (Å²) in [6.07, 6.45) is -4.19. The van der Waals surface area contributed by atoms with Crippen LogP contribution in [0.5, 0.6) is 0 Å². The van der Waals surface area contributed by atoms with E-state index in [1.165, 1.54) is 0 Å². The van der Waals surface area contributed by atoms with E-state index in [1.807, 2.05) is 6.92 Å². The molecule has 1 atom stereocenters. The van der Waals surface area contributed by atoms with Gasteiger partial charge in [0.25, 0.3) is 0 Å². The molecule has 0 saturated carbocycles. The Morgan fingerprint density at radius 2 is 1.46 bits per heavy atom. The summed E-state index contributed by atoms with van der Waals surface area (Å²) < 4.78 is 37.5. The fraction of sp³-hybridized carbons (Fsp3) is 0.600. The fourth-order valence-electron chi connectivity index (χ4n) is 1.80. The van der Waals surface area contributed by atoms with Gasteiger partial charge in [-0.25, -0.2) is 0 Å². The Morgan fingerprint density at radius 3 is 1.62 bits per heavy atom. The topological polar surface area (TPSA) is 0 Å². The molecule has 0 aromatic carbocycles. The molecule has 0 radical (unpaired) electrons. The van der Waals surface area contributed by atoms with Crippen molar-refractivity contribution in [3.05, 3.63) is 22.3 Å². The van der Waals surface area contributed by atoms with E-state index >= 15 is 0 Å². The second-order valence-electron chi connectivity index (χ2n) is 3.59. The van der Waals surface area contributed by atoms with E-state index in [1.54, 1.807) is 20.8 Å². The second-order valence-corrected chi connectivity index (χ2v) is 3.59. The minimum Gasteiger partial charge on any atom is -0.166 e. The lowest BCUT2D eigenvalue weighted by Gasteiger charge is -2.11. The molecule has 0 aromatic rings. The van der Waals surface area contributed by atoms with Crippen molar-refractivity contribution in [3.8, 4) is 0 Å². The zero-order valence-corrected chi connectivity index (χ0v) is 8.21. The second kappa shape index (κ2) is 2.89. The Kier molecular flexibility index (Phi) is 2.30. The molecule has 0 heterocycles. The molecular formula is C10H13F3. The van der Waals surface area contributed by atoms with Crippen LogP contribution in [0, 0.1) is 5.92 Å². The first-order valence-electron chi connectivity index (χ1n) is 4.22. The van der Waals surface area contributed by atoms with Crippen LogP contribution in [0.15, 0.2) is 22.3 Å². The molecular weight excluding hydrogens is 177 g/mol. The van der Waals surface area contributed by atoms with E-state index in [-0.39, 0.29) is 5.92 Å². The third-order valence-corrected chi connectivity index (χ3v) is 2.94. The van der Waals surface area contributed by atoms with Crippen molar-refractivity contribution >= 4 is 0 Å². The van der Waals surface area contributed by atoms with E-state index in [4.69, 9.17) is 0 Å². The van der Waals surface area contributed by atoms with Crippen LogP contribution < -0.4 is 0 Å². The first-order chi connectivity index (χ1) is 5.76. The summed E-state index contributed by atoms with van der Waals surface area (Å²) in [7, 11) is 0. The van der Waals surface area contributed by atoms with Crippen LogP contribution in [0.1, 0.15) is 27.7 Å². The lowest BCUT2D eigenvalue weighted by atomic mass is 10.00. The number of alkyl halides is 3. The molecule has 0 fully saturated rings. The van der Waals surface area contributed by atoms with Gasteiger partial charge in [0.1, 0.15) is 0 Å². The molecule has 0 bridgehead atoms. The highest BCUT2D eigenvalue weighted by Crippen LogP contribution is 2.44. The van der Waals surface area contributed by atoms with Gasteiger partial charge in [-0.2, -0.15) is 13.2 Å². The molecule has 1 aliphatic rings. The van der Waals surface area contributed by atoms with E-state index in [2.05, 4.69) is 0 Å². The van der Waals surface area contributed by atoms with Gasteiger partial charge < -0.3 is 0 Å². The molecule has 3 heteroatoms. The lowest BCUT2D eigenvalue weighted by Crippen LogP contribution is -2.13. The largest absolute Gasteiger partial charge is 0.416 e. The molecule has 13 heavy (non-hydrogen) atoms. The average molecular weight is 190 g/mol. The van der Waals surface area contributed by atoms with Crippen LogP contribution in [0.4, 0.5) is 13.2 Å². The number of halogens is 3. The van der Waals surface area contributed by atoms with Crippen LogP contribution >= 0.6 is 0 Å². The Morgan fingerprint density at radius 1 is 1.00 bits per heavy atom. The molecule has 0 aliphatic heterocycles. The van der Waals surface area contributed by atoms with Crippen LogP contribution in [0.3, 0.4) is 0 Å². The minimum atomic E-state index is -4.19. The summed E-state index contributed by atoms with van der Waals surface area (Å²) in [4.78, 5) is 0. The zero-order chi connectivity index (χ0) is 10.4. The van der Waals surface area contributed by atoms with E-state index in [9.17, 15) is 13.2 Å². The Labute approximate surface area is 76.1 Å². The number of rotatable bonds is 0. The number of hydrogen-bond acceptors (Lipinski definition) is 0. The predicted molar refractivity (Wildman–Crippen MR) is 46.3 cm³/mol. The van der Waals surface area contributed by atoms with E-state index in [0.29, 0.717) is 11.1 Å². The first kappa shape index (κ1) is 10.4.